The van der Waals surface area contributed by atoms with Crippen LogP contribution in [-0.2, 0) is 4.79 Å². The van der Waals surface area contributed by atoms with E-state index in [2.05, 4.69) is 31.0 Å². The summed E-state index contributed by atoms with van der Waals surface area (Å²) < 4.78 is 0. The van der Waals surface area contributed by atoms with Crippen molar-refractivity contribution in [2.45, 2.75) is 45.7 Å². The topological polar surface area (TPSA) is 35.6 Å². The number of fused-ring (bicyclic) bond motifs is 1. The Labute approximate surface area is 123 Å². The van der Waals surface area contributed by atoms with Crippen LogP contribution in [0.1, 0.15) is 33.6 Å². The maximum Gasteiger partial charge on any atom is 0.239 e. The van der Waals surface area contributed by atoms with Gasteiger partial charge in [-0.2, -0.15) is 0 Å². The third-order valence-corrected chi connectivity index (χ3v) is 4.67. The summed E-state index contributed by atoms with van der Waals surface area (Å²) in [6, 6.07) is 0.753. The van der Waals surface area contributed by atoms with Crippen LogP contribution in [-0.4, -0.2) is 60.5 Å². The highest BCUT2D eigenvalue weighted by molar-refractivity contribution is 5.85. The second-order valence-electron chi connectivity index (χ2n) is 5.58. The van der Waals surface area contributed by atoms with E-state index in [1.165, 1.54) is 12.8 Å². The lowest BCUT2D eigenvalue weighted by Gasteiger charge is -2.39. The smallest absolute Gasteiger partial charge is 0.239 e. The molecule has 2 aliphatic heterocycles. The number of amides is 1. The molecule has 112 valence electrons. The normalized spacial score (nSPS) is 28.4. The van der Waals surface area contributed by atoms with E-state index in [1.807, 2.05) is 4.90 Å². The SMILES string of the molecule is CCN(CC)C(=O)C(C)N1CCC2NCCC2C1.Cl. The molecule has 1 N–H and O–H groups in total. The van der Waals surface area contributed by atoms with Gasteiger partial charge >= 0.3 is 0 Å². The second kappa shape index (κ2) is 7.46. The third kappa shape index (κ3) is 3.61. The number of rotatable bonds is 4. The highest BCUT2D eigenvalue weighted by atomic mass is 35.5. The maximum atomic E-state index is 12.4. The van der Waals surface area contributed by atoms with Gasteiger partial charge in [-0.05, 0) is 46.1 Å². The minimum absolute atomic E-state index is 0. The lowest BCUT2D eigenvalue weighted by atomic mass is 9.92. The summed E-state index contributed by atoms with van der Waals surface area (Å²) in [5.74, 6) is 1.05. The number of carbonyl (C=O) groups is 1. The summed E-state index contributed by atoms with van der Waals surface area (Å²) in [6.07, 6.45) is 2.47. The average Bonchev–Trinajstić information content (AvgIpc) is 2.86. The lowest BCUT2D eigenvalue weighted by molar-refractivity contribution is -0.136. The Morgan fingerprint density at radius 1 is 1.37 bits per heavy atom. The van der Waals surface area contributed by atoms with Gasteiger partial charge < -0.3 is 10.2 Å². The Hall–Kier alpha value is -0.320. The lowest BCUT2D eigenvalue weighted by Crippen LogP contribution is -2.53. The van der Waals surface area contributed by atoms with Crippen LogP contribution in [0, 0.1) is 5.92 Å². The summed E-state index contributed by atoms with van der Waals surface area (Å²) in [5, 5.41) is 3.57. The van der Waals surface area contributed by atoms with Crippen LogP contribution in [0.5, 0.6) is 0 Å². The van der Waals surface area contributed by atoms with Crippen LogP contribution >= 0.6 is 12.4 Å². The standard InChI is InChI=1S/C14H27N3O.ClH/c1-4-16(5-2)14(18)11(3)17-9-7-13-12(10-17)6-8-15-13;/h11-13,15H,4-10H2,1-3H3;1H. The molecule has 2 aliphatic rings. The number of halogens is 1. The van der Waals surface area contributed by atoms with E-state index in [1.54, 1.807) is 0 Å². The van der Waals surface area contributed by atoms with Crippen LogP contribution in [0.4, 0.5) is 0 Å². The largest absolute Gasteiger partial charge is 0.342 e. The number of carbonyl (C=O) groups excluding carboxylic acids is 1. The van der Waals surface area contributed by atoms with Crippen LogP contribution in [0.2, 0.25) is 0 Å². The van der Waals surface area contributed by atoms with Crippen molar-refractivity contribution in [3.63, 3.8) is 0 Å². The molecule has 2 saturated heterocycles. The summed E-state index contributed by atoms with van der Waals surface area (Å²) in [5.41, 5.74) is 0. The van der Waals surface area contributed by atoms with Gasteiger partial charge in [-0.25, -0.2) is 0 Å². The molecule has 1 amide bonds. The molecule has 0 aromatic rings. The van der Waals surface area contributed by atoms with Gasteiger partial charge in [0.05, 0.1) is 6.04 Å². The van der Waals surface area contributed by atoms with Gasteiger partial charge in [0, 0.05) is 32.2 Å². The van der Waals surface area contributed by atoms with Crippen molar-refractivity contribution >= 4 is 18.3 Å². The summed E-state index contributed by atoms with van der Waals surface area (Å²) in [4.78, 5) is 16.7. The van der Waals surface area contributed by atoms with E-state index in [0.717, 1.165) is 38.6 Å². The third-order valence-electron chi connectivity index (χ3n) is 4.67. The molecule has 0 aliphatic carbocycles. The minimum atomic E-state index is 0. The van der Waals surface area contributed by atoms with Crippen LogP contribution in [0.3, 0.4) is 0 Å². The van der Waals surface area contributed by atoms with E-state index < -0.39 is 0 Å². The first-order chi connectivity index (χ1) is 8.67. The van der Waals surface area contributed by atoms with Crippen molar-refractivity contribution in [2.24, 2.45) is 5.92 Å². The maximum absolute atomic E-state index is 12.4. The number of nitrogens with zero attached hydrogens (tertiary/aromatic N) is 2. The molecule has 4 nitrogen and oxygen atoms in total. The number of likely N-dealkylation sites (N-methyl/N-ethyl adjacent to an activating group) is 1. The predicted molar refractivity (Wildman–Crippen MR) is 80.7 cm³/mol. The van der Waals surface area contributed by atoms with Gasteiger partial charge in [-0.3, -0.25) is 9.69 Å². The van der Waals surface area contributed by atoms with Crippen molar-refractivity contribution < 1.29 is 4.79 Å². The number of nitrogens with one attached hydrogen (secondary N) is 1. The van der Waals surface area contributed by atoms with Crippen molar-refractivity contribution in [1.29, 1.82) is 0 Å². The molecular weight excluding hydrogens is 262 g/mol. The molecule has 0 bridgehead atoms. The molecule has 0 radical (unpaired) electrons. The Morgan fingerprint density at radius 2 is 2.05 bits per heavy atom. The molecule has 2 fully saturated rings. The van der Waals surface area contributed by atoms with Crippen LogP contribution in [0.25, 0.3) is 0 Å². The fourth-order valence-electron chi connectivity index (χ4n) is 3.38. The fraction of sp³-hybridized carbons (Fsp3) is 0.929. The monoisotopic (exact) mass is 289 g/mol. The summed E-state index contributed by atoms with van der Waals surface area (Å²) >= 11 is 0. The Balaban J connectivity index is 0.00000180. The zero-order valence-corrected chi connectivity index (χ0v) is 13.2. The molecule has 0 aromatic carbocycles. The number of piperidine rings is 1. The van der Waals surface area contributed by atoms with Gasteiger partial charge in [0.2, 0.25) is 5.91 Å². The predicted octanol–water partition coefficient (Wildman–Crippen LogP) is 1.35. The molecular formula is C14H28ClN3O. The molecule has 3 unspecified atom stereocenters. The number of hydrogen-bond acceptors (Lipinski definition) is 3. The van der Waals surface area contributed by atoms with Gasteiger partial charge in [0.1, 0.15) is 0 Å². The molecule has 0 aromatic heterocycles. The highest BCUT2D eigenvalue weighted by Crippen LogP contribution is 2.26. The van der Waals surface area contributed by atoms with Crippen LogP contribution < -0.4 is 5.32 Å². The van der Waals surface area contributed by atoms with Crippen molar-refractivity contribution in [2.75, 3.05) is 32.7 Å². The van der Waals surface area contributed by atoms with Crippen molar-refractivity contribution in [3.05, 3.63) is 0 Å². The first-order valence-electron chi connectivity index (χ1n) is 7.43. The Bertz CT molecular complexity index is 296. The minimum Gasteiger partial charge on any atom is -0.342 e. The zero-order chi connectivity index (χ0) is 13.1. The Kier molecular flexibility index (Phi) is 6.57. The van der Waals surface area contributed by atoms with Crippen molar-refractivity contribution in [1.82, 2.24) is 15.1 Å². The van der Waals surface area contributed by atoms with Gasteiger partial charge in [0.25, 0.3) is 0 Å². The first-order valence-corrected chi connectivity index (χ1v) is 7.43. The molecule has 2 heterocycles. The van der Waals surface area contributed by atoms with Gasteiger partial charge in [-0.1, -0.05) is 0 Å². The number of likely N-dealkylation sites (tertiary alicyclic amines) is 1. The van der Waals surface area contributed by atoms with Gasteiger partial charge in [0.15, 0.2) is 0 Å². The average molecular weight is 290 g/mol. The molecule has 0 spiro atoms. The number of hydrogen-bond donors (Lipinski definition) is 1. The van der Waals surface area contributed by atoms with Gasteiger partial charge in [-0.15, -0.1) is 12.4 Å². The summed E-state index contributed by atoms with van der Waals surface area (Å²) in [7, 11) is 0. The first kappa shape index (κ1) is 16.7. The zero-order valence-electron chi connectivity index (χ0n) is 12.4. The van der Waals surface area contributed by atoms with E-state index in [0.29, 0.717) is 11.9 Å². The van der Waals surface area contributed by atoms with E-state index in [4.69, 9.17) is 0 Å². The Morgan fingerprint density at radius 3 is 2.68 bits per heavy atom. The highest BCUT2D eigenvalue weighted by Gasteiger charge is 2.36. The molecule has 3 atom stereocenters. The van der Waals surface area contributed by atoms with E-state index in [-0.39, 0.29) is 18.4 Å². The van der Waals surface area contributed by atoms with E-state index >= 15 is 0 Å². The molecule has 2 rings (SSSR count). The fourth-order valence-corrected chi connectivity index (χ4v) is 3.38. The molecule has 5 heteroatoms. The molecule has 19 heavy (non-hydrogen) atoms. The van der Waals surface area contributed by atoms with E-state index in [9.17, 15) is 4.79 Å². The second-order valence-corrected chi connectivity index (χ2v) is 5.58. The quantitative estimate of drug-likeness (QED) is 0.849. The van der Waals surface area contributed by atoms with Crippen LogP contribution in [0.15, 0.2) is 0 Å². The summed E-state index contributed by atoms with van der Waals surface area (Å²) in [6.45, 7) is 11.1. The van der Waals surface area contributed by atoms with Crippen molar-refractivity contribution in [3.8, 4) is 0 Å². The molecule has 0 saturated carbocycles.